The topological polar surface area (TPSA) is 112 Å². The zero-order valence-corrected chi connectivity index (χ0v) is 13.0. The minimum Gasteiger partial charge on any atom is -0.468 e. The molecule has 9 heteroatoms. The number of hydrogen-bond acceptors (Lipinski definition) is 5. The number of benzene rings is 1. The largest absolute Gasteiger partial charge is 0.468 e. The molecule has 0 radical (unpaired) electrons. The molecule has 1 aliphatic heterocycles. The summed E-state index contributed by atoms with van der Waals surface area (Å²) in [6.45, 7) is 1.81. The minimum atomic E-state index is -3.86. The molecule has 0 spiro atoms. The number of ether oxygens (including phenoxy) is 1. The fourth-order valence-electron chi connectivity index (χ4n) is 2.40. The van der Waals surface area contributed by atoms with Gasteiger partial charge < -0.3 is 4.74 Å². The third-order valence-corrected chi connectivity index (χ3v) is 5.44. The number of carbonyl (C=O) groups is 1. The summed E-state index contributed by atoms with van der Waals surface area (Å²) in [7, 11) is -2.67. The van der Waals surface area contributed by atoms with Gasteiger partial charge in [0.05, 0.1) is 18.0 Å². The molecule has 1 heterocycles. The Hall–Kier alpha value is -2.09. The first kappa shape index (κ1) is 16.3. The molecular formula is C13H16N4O4S. The second-order valence-corrected chi connectivity index (χ2v) is 6.91. The van der Waals surface area contributed by atoms with Gasteiger partial charge in [-0.1, -0.05) is 22.8 Å². The predicted molar refractivity (Wildman–Crippen MR) is 78.4 cm³/mol. The lowest BCUT2D eigenvalue weighted by Gasteiger charge is -2.22. The van der Waals surface area contributed by atoms with Gasteiger partial charge in [-0.15, -0.1) is 0 Å². The van der Waals surface area contributed by atoms with Gasteiger partial charge in [0.25, 0.3) is 0 Å². The highest BCUT2D eigenvalue weighted by Crippen LogP contribution is 2.28. The summed E-state index contributed by atoms with van der Waals surface area (Å²) in [5.74, 6) is -0.661. The van der Waals surface area contributed by atoms with Crippen LogP contribution in [0.3, 0.4) is 0 Å². The SMILES string of the molecule is COC(=O)[C@@H]1C[C@H](N=[N+]=[N-])CN1S(=O)(=O)c1ccc(C)cc1. The fraction of sp³-hybridized carbons (Fsp3) is 0.462. The molecule has 22 heavy (non-hydrogen) atoms. The number of hydrogen-bond donors (Lipinski definition) is 0. The van der Waals surface area contributed by atoms with E-state index in [9.17, 15) is 13.2 Å². The summed E-state index contributed by atoms with van der Waals surface area (Å²) in [6, 6.07) is 4.77. The highest BCUT2D eigenvalue weighted by molar-refractivity contribution is 7.89. The quantitative estimate of drug-likeness (QED) is 0.362. The lowest BCUT2D eigenvalue weighted by molar-refractivity contribution is -0.144. The predicted octanol–water partition coefficient (Wildman–Crippen LogP) is 1.61. The molecule has 0 unspecified atom stereocenters. The number of esters is 1. The van der Waals surface area contributed by atoms with E-state index >= 15 is 0 Å². The summed E-state index contributed by atoms with van der Waals surface area (Å²) in [5.41, 5.74) is 9.45. The van der Waals surface area contributed by atoms with Crippen LogP contribution in [0.2, 0.25) is 0 Å². The van der Waals surface area contributed by atoms with Crippen molar-refractivity contribution in [1.29, 1.82) is 0 Å². The van der Waals surface area contributed by atoms with E-state index in [2.05, 4.69) is 14.8 Å². The molecule has 0 aliphatic carbocycles. The minimum absolute atomic E-state index is 0.0416. The van der Waals surface area contributed by atoms with Gasteiger partial charge in [0.15, 0.2) is 0 Å². The van der Waals surface area contributed by atoms with Gasteiger partial charge in [-0.2, -0.15) is 4.31 Å². The van der Waals surface area contributed by atoms with Crippen molar-refractivity contribution in [2.45, 2.75) is 30.3 Å². The third-order valence-electron chi connectivity index (χ3n) is 3.55. The van der Waals surface area contributed by atoms with Gasteiger partial charge in [-0.25, -0.2) is 8.42 Å². The van der Waals surface area contributed by atoms with Crippen LogP contribution in [0.15, 0.2) is 34.3 Å². The second kappa shape index (κ2) is 6.35. The smallest absolute Gasteiger partial charge is 0.324 e. The molecule has 2 rings (SSSR count). The van der Waals surface area contributed by atoms with E-state index in [1.807, 2.05) is 6.92 Å². The number of nitrogens with zero attached hydrogens (tertiary/aromatic N) is 4. The lowest BCUT2D eigenvalue weighted by Crippen LogP contribution is -2.41. The van der Waals surface area contributed by atoms with Crippen LogP contribution < -0.4 is 0 Å². The van der Waals surface area contributed by atoms with Crippen molar-refractivity contribution in [3.63, 3.8) is 0 Å². The molecular weight excluding hydrogens is 308 g/mol. The van der Waals surface area contributed by atoms with E-state index in [4.69, 9.17) is 5.53 Å². The van der Waals surface area contributed by atoms with Crippen LogP contribution >= 0.6 is 0 Å². The first-order valence-corrected chi connectivity index (χ1v) is 8.04. The molecule has 0 bridgehead atoms. The Labute approximate surface area is 128 Å². The van der Waals surface area contributed by atoms with Gasteiger partial charge in [0.2, 0.25) is 10.0 Å². The molecule has 8 nitrogen and oxygen atoms in total. The zero-order valence-electron chi connectivity index (χ0n) is 12.2. The Morgan fingerprint density at radius 1 is 1.41 bits per heavy atom. The molecule has 1 fully saturated rings. The van der Waals surface area contributed by atoms with Gasteiger partial charge in [-0.3, -0.25) is 4.79 Å². The first-order valence-electron chi connectivity index (χ1n) is 6.60. The first-order chi connectivity index (χ1) is 10.4. The monoisotopic (exact) mass is 324 g/mol. The zero-order chi connectivity index (χ0) is 16.3. The van der Waals surface area contributed by atoms with Crippen LogP contribution in [-0.4, -0.2) is 44.4 Å². The fourth-order valence-corrected chi connectivity index (χ4v) is 4.03. The maximum Gasteiger partial charge on any atom is 0.324 e. The highest BCUT2D eigenvalue weighted by atomic mass is 32.2. The van der Waals surface area contributed by atoms with Crippen molar-refractivity contribution in [3.05, 3.63) is 40.3 Å². The van der Waals surface area contributed by atoms with Crippen molar-refractivity contribution in [3.8, 4) is 0 Å². The van der Waals surface area contributed by atoms with Gasteiger partial charge >= 0.3 is 5.97 Å². The summed E-state index contributed by atoms with van der Waals surface area (Å²) < 4.78 is 31.1. The lowest BCUT2D eigenvalue weighted by atomic mass is 10.2. The van der Waals surface area contributed by atoms with Gasteiger partial charge in [0, 0.05) is 11.5 Å². The van der Waals surface area contributed by atoms with Crippen LogP contribution in [0, 0.1) is 6.92 Å². The van der Waals surface area contributed by atoms with E-state index in [1.54, 1.807) is 12.1 Å². The molecule has 0 amide bonds. The van der Waals surface area contributed by atoms with Crippen molar-refractivity contribution >= 4 is 16.0 Å². The van der Waals surface area contributed by atoms with Gasteiger partial charge in [0.1, 0.15) is 6.04 Å². The molecule has 1 aromatic carbocycles. The maximum absolute atomic E-state index is 12.7. The van der Waals surface area contributed by atoms with E-state index in [0.717, 1.165) is 9.87 Å². The second-order valence-electron chi connectivity index (χ2n) is 5.02. The number of rotatable bonds is 4. The summed E-state index contributed by atoms with van der Waals surface area (Å²) in [4.78, 5) is 14.6. The van der Waals surface area contributed by atoms with Gasteiger partial charge in [-0.05, 0) is 31.0 Å². The Bertz CT molecular complexity index is 710. The van der Waals surface area contributed by atoms with Crippen LogP contribution in [0.4, 0.5) is 0 Å². The van der Waals surface area contributed by atoms with E-state index in [-0.39, 0.29) is 17.9 Å². The molecule has 118 valence electrons. The molecule has 2 atom stereocenters. The maximum atomic E-state index is 12.7. The van der Waals surface area contributed by atoms with Crippen molar-refractivity contribution in [1.82, 2.24) is 4.31 Å². The number of sulfonamides is 1. The van der Waals surface area contributed by atoms with E-state index in [1.165, 1.54) is 19.2 Å². The molecule has 1 aromatic rings. The van der Waals surface area contributed by atoms with Crippen LogP contribution in [0.1, 0.15) is 12.0 Å². The number of methoxy groups -OCH3 is 1. The normalized spacial score (nSPS) is 22.1. The molecule has 1 aliphatic rings. The molecule has 1 saturated heterocycles. The Morgan fingerprint density at radius 2 is 2.05 bits per heavy atom. The average molecular weight is 324 g/mol. The third kappa shape index (κ3) is 3.06. The van der Waals surface area contributed by atoms with E-state index < -0.39 is 28.1 Å². The molecule has 0 N–H and O–H groups in total. The number of aryl methyl sites for hydroxylation is 1. The van der Waals surface area contributed by atoms with Crippen molar-refractivity contribution < 1.29 is 17.9 Å². The van der Waals surface area contributed by atoms with Crippen LogP contribution in [0.5, 0.6) is 0 Å². The molecule has 0 aromatic heterocycles. The standard InChI is InChI=1S/C13H16N4O4S/c1-9-3-5-11(6-4-9)22(19,20)17-8-10(15-16-14)7-12(17)13(18)21-2/h3-6,10,12H,7-8H2,1-2H3/t10-,12-/m0/s1. The Kier molecular flexibility index (Phi) is 4.70. The molecule has 0 saturated carbocycles. The summed E-state index contributed by atoms with van der Waals surface area (Å²) in [6.07, 6.45) is 0.113. The van der Waals surface area contributed by atoms with E-state index in [0.29, 0.717) is 0 Å². The number of carbonyl (C=O) groups excluding carboxylic acids is 1. The average Bonchev–Trinajstić information content (AvgIpc) is 2.92. The van der Waals surface area contributed by atoms with Crippen molar-refractivity contribution in [2.75, 3.05) is 13.7 Å². The summed E-state index contributed by atoms with van der Waals surface area (Å²) in [5, 5.41) is 3.53. The van der Waals surface area contributed by atoms with Crippen molar-refractivity contribution in [2.24, 2.45) is 5.11 Å². The highest BCUT2D eigenvalue weighted by Gasteiger charge is 2.44. The summed E-state index contributed by atoms with van der Waals surface area (Å²) >= 11 is 0. The van der Waals surface area contributed by atoms with Crippen LogP contribution in [0.25, 0.3) is 10.4 Å². The Balaban J connectivity index is 2.39. The Morgan fingerprint density at radius 3 is 2.59 bits per heavy atom. The number of azide groups is 1. The van der Waals surface area contributed by atoms with Crippen LogP contribution in [-0.2, 0) is 19.6 Å².